The molecule has 41 heavy (non-hydrogen) atoms. The first-order chi connectivity index (χ1) is 19.9. The lowest BCUT2D eigenvalue weighted by Gasteiger charge is -2.26. The molecule has 1 saturated heterocycles. The van der Waals surface area contributed by atoms with Gasteiger partial charge >= 0.3 is 0 Å². The average molecular weight is 564 g/mol. The Balaban J connectivity index is 1.40. The lowest BCUT2D eigenvalue weighted by atomic mass is 10.0. The Morgan fingerprint density at radius 3 is 2.61 bits per heavy atom. The Labute approximate surface area is 234 Å². The topological polar surface area (TPSA) is 88.6 Å². The van der Waals surface area contributed by atoms with Crippen molar-refractivity contribution in [2.75, 3.05) is 50.1 Å². The molecule has 2 N–H and O–H groups in total. The molecule has 11 heteroatoms. The zero-order valence-electron chi connectivity index (χ0n) is 22.1. The summed E-state index contributed by atoms with van der Waals surface area (Å²) in [7, 11) is 0. The number of carbonyl (C=O) groups is 1. The lowest BCUT2D eigenvalue weighted by molar-refractivity contribution is -0.111. The second-order valence-corrected chi connectivity index (χ2v) is 9.39. The number of ether oxygens (including phenoxy) is 2. The maximum absolute atomic E-state index is 14.4. The molecule has 1 aromatic heterocycles. The fraction of sp³-hybridized carbons (Fsp3) is 0.233. The first kappa shape index (κ1) is 28.1. The van der Waals surface area contributed by atoms with E-state index in [0.29, 0.717) is 52.6 Å². The molecule has 0 spiro atoms. The van der Waals surface area contributed by atoms with E-state index in [2.05, 4.69) is 32.1 Å². The van der Waals surface area contributed by atoms with Crippen LogP contribution in [0.5, 0.6) is 5.75 Å². The summed E-state index contributed by atoms with van der Waals surface area (Å²) in [6.07, 6.45) is 3.32. The average Bonchev–Trinajstić information content (AvgIpc) is 2.96. The molecule has 8 nitrogen and oxygen atoms in total. The number of aromatic nitrogens is 2. The molecule has 0 aliphatic carbocycles. The lowest BCUT2D eigenvalue weighted by Crippen LogP contribution is -2.37. The van der Waals surface area contributed by atoms with Crippen molar-refractivity contribution in [3.63, 3.8) is 0 Å². The van der Waals surface area contributed by atoms with Gasteiger partial charge in [-0.15, -0.1) is 0 Å². The summed E-state index contributed by atoms with van der Waals surface area (Å²) in [6.45, 7) is 8.05. The molecule has 0 saturated carbocycles. The number of hydrogen-bond acceptors (Lipinski definition) is 7. The highest BCUT2D eigenvalue weighted by Crippen LogP contribution is 2.35. The first-order valence-corrected chi connectivity index (χ1v) is 13.1. The van der Waals surface area contributed by atoms with Crippen LogP contribution >= 0.6 is 0 Å². The van der Waals surface area contributed by atoms with Crippen LogP contribution in [0.15, 0.2) is 67.5 Å². The zero-order valence-corrected chi connectivity index (χ0v) is 22.1. The van der Waals surface area contributed by atoms with Crippen molar-refractivity contribution in [1.29, 1.82) is 0 Å². The van der Waals surface area contributed by atoms with E-state index in [0.717, 1.165) is 45.3 Å². The van der Waals surface area contributed by atoms with Crippen LogP contribution in [0, 0.1) is 17.5 Å². The minimum absolute atomic E-state index is 0.218. The molecule has 0 bridgehead atoms. The van der Waals surface area contributed by atoms with E-state index >= 15 is 0 Å². The number of morpholine rings is 1. The van der Waals surface area contributed by atoms with Crippen molar-refractivity contribution in [1.82, 2.24) is 14.9 Å². The van der Waals surface area contributed by atoms with E-state index in [1.165, 1.54) is 18.5 Å². The first-order valence-electron chi connectivity index (χ1n) is 13.1. The van der Waals surface area contributed by atoms with Crippen molar-refractivity contribution in [3.05, 3.63) is 85.0 Å². The van der Waals surface area contributed by atoms with Crippen LogP contribution in [0.25, 0.3) is 22.0 Å². The fourth-order valence-corrected chi connectivity index (χ4v) is 4.59. The molecule has 4 aromatic rings. The van der Waals surface area contributed by atoms with E-state index in [-0.39, 0.29) is 11.1 Å². The highest BCUT2D eigenvalue weighted by atomic mass is 19.1. The molecule has 2 heterocycles. The molecule has 0 atom stereocenters. The molecule has 5 rings (SSSR count). The van der Waals surface area contributed by atoms with Crippen LogP contribution in [0.1, 0.15) is 6.42 Å². The van der Waals surface area contributed by atoms with Gasteiger partial charge in [0.25, 0.3) is 0 Å². The zero-order chi connectivity index (χ0) is 28.8. The molecule has 1 aliphatic rings. The quantitative estimate of drug-likeness (QED) is 0.190. The van der Waals surface area contributed by atoms with Crippen molar-refractivity contribution >= 4 is 34.0 Å². The fourth-order valence-electron chi connectivity index (χ4n) is 4.59. The Bertz CT molecular complexity index is 1550. The maximum Gasteiger partial charge on any atom is 0.247 e. The van der Waals surface area contributed by atoms with E-state index in [4.69, 9.17) is 9.47 Å². The molecule has 1 amide bonds. The van der Waals surface area contributed by atoms with Gasteiger partial charge in [-0.3, -0.25) is 9.69 Å². The predicted octanol–water partition coefficient (Wildman–Crippen LogP) is 5.68. The summed E-state index contributed by atoms with van der Waals surface area (Å²) in [6, 6.07) is 11.0. The minimum atomic E-state index is -1.01. The second kappa shape index (κ2) is 12.8. The second-order valence-electron chi connectivity index (χ2n) is 9.39. The number of hydrogen-bond donors (Lipinski definition) is 2. The third kappa shape index (κ3) is 6.82. The van der Waals surface area contributed by atoms with E-state index in [1.54, 1.807) is 24.3 Å². The van der Waals surface area contributed by atoms with Crippen molar-refractivity contribution in [2.24, 2.45) is 0 Å². The third-order valence-electron chi connectivity index (χ3n) is 6.58. The van der Waals surface area contributed by atoms with Gasteiger partial charge in [-0.1, -0.05) is 18.7 Å². The highest BCUT2D eigenvalue weighted by Gasteiger charge is 2.16. The summed E-state index contributed by atoms with van der Waals surface area (Å²) in [5, 5.41) is 6.49. The number of nitrogens with one attached hydrogen (secondary N) is 2. The smallest absolute Gasteiger partial charge is 0.247 e. The van der Waals surface area contributed by atoms with Crippen LogP contribution < -0.4 is 15.4 Å². The summed E-state index contributed by atoms with van der Waals surface area (Å²) in [4.78, 5) is 23.2. The maximum atomic E-state index is 14.4. The highest BCUT2D eigenvalue weighted by molar-refractivity contribution is 6.03. The van der Waals surface area contributed by atoms with Gasteiger partial charge in [-0.05, 0) is 36.3 Å². The molecular weight excluding hydrogens is 535 g/mol. The van der Waals surface area contributed by atoms with Crippen LogP contribution in [-0.4, -0.2) is 60.2 Å². The predicted molar refractivity (Wildman–Crippen MR) is 151 cm³/mol. The van der Waals surface area contributed by atoms with Gasteiger partial charge in [0.05, 0.1) is 36.6 Å². The SMILES string of the molecule is C=CC(=O)Nc1cc2c(Nc3cccc(-c4c(F)cc(F)cc4F)c3)ncnc2cc1OCCCN1CCOCC1. The summed E-state index contributed by atoms with van der Waals surface area (Å²) in [5.74, 6) is -2.58. The van der Waals surface area contributed by atoms with Gasteiger partial charge in [-0.2, -0.15) is 0 Å². The Morgan fingerprint density at radius 2 is 1.85 bits per heavy atom. The van der Waals surface area contributed by atoms with Crippen LogP contribution in [0.4, 0.5) is 30.4 Å². The number of carbonyl (C=O) groups excluding carboxylic acids is 1. The molecule has 0 radical (unpaired) electrons. The van der Waals surface area contributed by atoms with Crippen LogP contribution in [-0.2, 0) is 9.53 Å². The van der Waals surface area contributed by atoms with E-state index in [9.17, 15) is 18.0 Å². The Hall–Kier alpha value is -4.48. The van der Waals surface area contributed by atoms with Crippen molar-refractivity contribution in [3.8, 4) is 16.9 Å². The summed E-state index contributed by atoms with van der Waals surface area (Å²) in [5.41, 5.74) is 1.32. The monoisotopic (exact) mass is 563 g/mol. The van der Waals surface area contributed by atoms with Crippen LogP contribution in [0.2, 0.25) is 0 Å². The molecule has 1 fully saturated rings. The molecule has 3 aromatic carbocycles. The number of halogens is 3. The summed E-state index contributed by atoms with van der Waals surface area (Å²) >= 11 is 0. The number of rotatable bonds is 10. The standard InChI is InChI=1S/C30H28F3N5O3/c1-2-28(39)37-26-16-22-25(17-27(26)41-10-4-7-38-8-11-40-12-9-38)34-18-35-30(22)36-21-6-3-5-19(13-21)29-23(32)14-20(31)15-24(29)33/h2-3,5-6,13-18H,1,4,7-12H2,(H,37,39)(H,34,35,36). The number of amides is 1. The number of benzene rings is 3. The molecule has 0 unspecified atom stereocenters. The van der Waals surface area contributed by atoms with Gasteiger partial charge in [0.2, 0.25) is 5.91 Å². The van der Waals surface area contributed by atoms with Crippen molar-refractivity contribution in [2.45, 2.75) is 6.42 Å². The van der Waals surface area contributed by atoms with E-state index < -0.39 is 23.4 Å². The summed E-state index contributed by atoms with van der Waals surface area (Å²) < 4.78 is 53.7. The largest absolute Gasteiger partial charge is 0.491 e. The number of fused-ring (bicyclic) bond motifs is 1. The molecular formula is C30H28F3N5O3. The van der Waals surface area contributed by atoms with Gasteiger partial charge in [0.1, 0.15) is 35.3 Å². The van der Waals surface area contributed by atoms with Gasteiger partial charge in [0, 0.05) is 48.9 Å². The third-order valence-corrected chi connectivity index (χ3v) is 6.58. The molecule has 212 valence electrons. The van der Waals surface area contributed by atoms with Crippen LogP contribution in [0.3, 0.4) is 0 Å². The van der Waals surface area contributed by atoms with Gasteiger partial charge in [0.15, 0.2) is 0 Å². The van der Waals surface area contributed by atoms with E-state index in [1.807, 2.05) is 0 Å². The Morgan fingerprint density at radius 1 is 1.07 bits per heavy atom. The normalized spacial score (nSPS) is 13.6. The minimum Gasteiger partial charge on any atom is -0.491 e. The van der Waals surface area contributed by atoms with Gasteiger partial charge < -0.3 is 20.1 Å². The Kier molecular flexibility index (Phi) is 8.76. The molecule has 1 aliphatic heterocycles. The number of nitrogens with zero attached hydrogens (tertiary/aromatic N) is 3. The number of anilines is 3. The van der Waals surface area contributed by atoms with Crippen molar-refractivity contribution < 1.29 is 27.4 Å². The van der Waals surface area contributed by atoms with Gasteiger partial charge in [-0.25, -0.2) is 23.1 Å².